The molecule has 0 bridgehead atoms. The maximum Gasteiger partial charge on any atom is 0.411 e. The predicted molar refractivity (Wildman–Crippen MR) is 128 cm³/mol. The highest BCUT2D eigenvalue weighted by atomic mass is 16.6. The summed E-state index contributed by atoms with van der Waals surface area (Å²) >= 11 is 0. The number of aliphatic hydroxyl groups is 1. The predicted octanol–water partition coefficient (Wildman–Crippen LogP) is 4.62. The summed E-state index contributed by atoms with van der Waals surface area (Å²) in [6.07, 6.45) is 1.65. The van der Waals surface area contributed by atoms with Crippen LogP contribution < -0.4 is 5.56 Å². The average Bonchev–Trinajstić information content (AvgIpc) is 3.11. The Morgan fingerprint density at radius 3 is 2.30 bits per heavy atom. The van der Waals surface area contributed by atoms with Crippen LogP contribution in [-0.2, 0) is 17.4 Å². The lowest BCUT2D eigenvalue weighted by Crippen LogP contribution is -2.39. The molecule has 6 heteroatoms. The molecule has 0 radical (unpaired) electrons. The van der Waals surface area contributed by atoms with Gasteiger partial charge in [-0.1, -0.05) is 54.6 Å². The Morgan fingerprint density at radius 2 is 1.70 bits per heavy atom. The molecule has 4 rings (SSSR count). The fourth-order valence-electron chi connectivity index (χ4n) is 4.54. The summed E-state index contributed by atoms with van der Waals surface area (Å²) in [6.45, 7) is 5.78. The number of hydrogen-bond donors (Lipinski definition) is 1. The van der Waals surface area contributed by atoms with Crippen molar-refractivity contribution in [3.8, 4) is 11.1 Å². The summed E-state index contributed by atoms with van der Waals surface area (Å²) in [5.41, 5.74) is 1.63. The lowest BCUT2D eigenvalue weighted by molar-refractivity contribution is -0.0327. The van der Waals surface area contributed by atoms with E-state index in [1.54, 1.807) is 38.1 Å². The molecule has 3 aromatic rings. The van der Waals surface area contributed by atoms with Gasteiger partial charge in [0.1, 0.15) is 0 Å². The van der Waals surface area contributed by atoms with Crippen LogP contribution in [-0.4, -0.2) is 32.8 Å². The normalized spacial score (nSPS) is 19.4. The van der Waals surface area contributed by atoms with Gasteiger partial charge in [0.05, 0.1) is 18.2 Å². The summed E-state index contributed by atoms with van der Waals surface area (Å²) < 4.78 is 7.51. The van der Waals surface area contributed by atoms with Gasteiger partial charge in [-0.2, -0.15) is 0 Å². The molecule has 0 aliphatic carbocycles. The molecule has 1 aromatic heterocycles. The number of aryl methyl sites for hydroxylation is 1. The maximum atomic E-state index is 13.0. The van der Waals surface area contributed by atoms with Gasteiger partial charge in [0.25, 0.3) is 5.56 Å². The van der Waals surface area contributed by atoms with Gasteiger partial charge >= 0.3 is 6.09 Å². The fourth-order valence-corrected chi connectivity index (χ4v) is 4.54. The van der Waals surface area contributed by atoms with E-state index in [4.69, 9.17) is 4.74 Å². The first-order chi connectivity index (χ1) is 15.6. The molecule has 1 N–H and O–H groups in total. The zero-order valence-corrected chi connectivity index (χ0v) is 19.5. The van der Waals surface area contributed by atoms with E-state index in [2.05, 4.69) is 0 Å². The number of ether oxygens (including phenoxy) is 1. The van der Waals surface area contributed by atoms with Crippen molar-refractivity contribution >= 4 is 6.09 Å². The van der Waals surface area contributed by atoms with Gasteiger partial charge in [-0.15, -0.1) is 0 Å². The molecule has 1 saturated heterocycles. The minimum atomic E-state index is -1.01. The Hall–Kier alpha value is -3.38. The number of amides is 1. The van der Waals surface area contributed by atoms with E-state index >= 15 is 0 Å². The van der Waals surface area contributed by atoms with Crippen molar-refractivity contribution in [1.82, 2.24) is 9.47 Å². The number of cyclic esters (lactones) is 1. The van der Waals surface area contributed by atoms with Crippen LogP contribution >= 0.6 is 0 Å². The van der Waals surface area contributed by atoms with Gasteiger partial charge in [-0.05, 0) is 49.1 Å². The highest BCUT2D eigenvalue weighted by Crippen LogP contribution is 2.42. The Labute approximate surface area is 194 Å². The summed E-state index contributed by atoms with van der Waals surface area (Å²) in [5.74, 6) is 0. The van der Waals surface area contributed by atoms with Crippen LogP contribution in [0, 0.1) is 0 Å². The van der Waals surface area contributed by atoms with Gasteiger partial charge in [-0.25, -0.2) is 4.79 Å². The number of pyridine rings is 1. The van der Waals surface area contributed by atoms with Crippen molar-refractivity contribution < 1.29 is 14.6 Å². The Balaban J connectivity index is 1.60. The molecule has 33 heavy (non-hydrogen) atoms. The zero-order chi connectivity index (χ0) is 23.8. The van der Waals surface area contributed by atoms with E-state index in [0.29, 0.717) is 13.0 Å². The average molecular weight is 447 g/mol. The third-order valence-corrected chi connectivity index (χ3v) is 6.26. The Morgan fingerprint density at radius 1 is 1.03 bits per heavy atom. The Bertz CT molecular complexity index is 1200. The van der Waals surface area contributed by atoms with Gasteiger partial charge in [0.15, 0.2) is 5.60 Å². The summed E-state index contributed by atoms with van der Waals surface area (Å²) in [5, 5.41) is 10.6. The third kappa shape index (κ3) is 4.71. The molecule has 1 amide bonds. The Kier molecular flexibility index (Phi) is 5.89. The zero-order valence-electron chi connectivity index (χ0n) is 19.5. The molecule has 172 valence electrons. The highest BCUT2D eigenvalue weighted by Gasteiger charge is 2.50. The number of benzene rings is 2. The van der Waals surface area contributed by atoms with Gasteiger partial charge in [0.2, 0.25) is 0 Å². The molecule has 1 fully saturated rings. The van der Waals surface area contributed by atoms with Gasteiger partial charge in [0, 0.05) is 25.7 Å². The highest BCUT2D eigenvalue weighted by molar-refractivity contribution is 5.72. The van der Waals surface area contributed by atoms with Crippen LogP contribution in [0.3, 0.4) is 0 Å². The van der Waals surface area contributed by atoms with Crippen LogP contribution in [0.1, 0.15) is 44.4 Å². The van der Waals surface area contributed by atoms with E-state index in [9.17, 15) is 14.7 Å². The first-order valence-electron chi connectivity index (χ1n) is 11.1. The summed E-state index contributed by atoms with van der Waals surface area (Å²) in [4.78, 5) is 26.7. The van der Waals surface area contributed by atoms with E-state index in [1.807, 2.05) is 67.6 Å². The smallest absolute Gasteiger partial charge is 0.411 e. The van der Waals surface area contributed by atoms with E-state index < -0.39 is 17.3 Å². The van der Waals surface area contributed by atoms with Crippen molar-refractivity contribution in [1.29, 1.82) is 0 Å². The lowest BCUT2D eigenvalue weighted by Gasteiger charge is -2.33. The molecule has 0 spiro atoms. The number of carbonyl (C=O) groups excluding carboxylic acids is 1. The number of aromatic nitrogens is 1. The number of hydrogen-bond acceptors (Lipinski definition) is 4. The molecule has 2 heterocycles. The molecule has 1 unspecified atom stereocenters. The van der Waals surface area contributed by atoms with Gasteiger partial charge in [-0.3, -0.25) is 9.69 Å². The van der Waals surface area contributed by atoms with Crippen molar-refractivity contribution in [3.05, 3.63) is 94.4 Å². The molecule has 0 saturated carbocycles. The fraction of sp³-hybridized carbons (Fsp3) is 0.333. The van der Waals surface area contributed by atoms with Crippen LogP contribution in [0.2, 0.25) is 0 Å². The molecule has 2 atom stereocenters. The maximum absolute atomic E-state index is 13.0. The van der Waals surface area contributed by atoms with E-state index in [0.717, 1.165) is 22.3 Å². The topological polar surface area (TPSA) is 71.8 Å². The van der Waals surface area contributed by atoms with E-state index in [1.165, 1.54) is 4.57 Å². The second kappa shape index (κ2) is 8.52. The minimum absolute atomic E-state index is 0.0613. The molecule has 1 aliphatic rings. The first-order valence-corrected chi connectivity index (χ1v) is 11.1. The van der Waals surface area contributed by atoms with Crippen LogP contribution in [0.4, 0.5) is 4.79 Å². The van der Waals surface area contributed by atoms with Crippen molar-refractivity contribution in [2.24, 2.45) is 7.05 Å². The van der Waals surface area contributed by atoms with E-state index in [-0.39, 0.29) is 11.6 Å². The first kappa shape index (κ1) is 22.8. The van der Waals surface area contributed by atoms with Crippen molar-refractivity contribution in [3.63, 3.8) is 0 Å². The second-order valence-corrected chi connectivity index (χ2v) is 9.51. The molecule has 6 nitrogen and oxygen atoms in total. The molecule has 1 aliphatic heterocycles. The number of carbonyl (C=O) groups is 1. The van der Waals surface area contributed by atoms with Crippen LogP contribution in [0.15, 0.2) is 77.7 Å². The summed E-state index contributed by atoms with van der Waals surface area (Å²) in [6, 6.07) is 20.8. The number of rotatable bonds is 6. The third-order valence-electron chi connectivity index (χ3n) is 6.26. The monoisotopic (exact) mass is 446 g/mol. The SMILES string of the molecule is C[C@@H](c1ccc(-c2ccn(C)c(=O)c2)cc1)N1CC(CC(C)(C)O)(c2ccccc2)OC1=O. The van der Waals surface area contributed by atoms with Gasteiger partial charge < -0.3 is 14.4 Å². The molecular weight excluding hydrogens is 416 g/mol. The standard InChI is InChI=1S/C27H30N2O4/c1-19(20-10-12-21(13-11-20)22-14-15-28(4)24(30)16-22)29-18-27(33-25(29)31,17-26(2,3)32)23-8-6-5-7-9-23/h5-16,19,32H,17-18H2,1-4H3/t19-,27?/m0/s1. The summed E-state index contributed by atoms with van der Waals surface area (Å²) in [7, 11) is 1.72. The molecular formula is C27H30N2O4. The number of nitrogens with zero attached hydrogens (tertiary/aromatic N) is 2. The largest absolute Gasteiger partial charge is 0.436 e. The quantitative estimate of drug-likeness (QED) is 0.600. The molecule has 2 aromatic carbocycles. The minimum Gasteiger partial charge on any atom is -0.436 e. The van der Waals surface area contributed by atoms with Crippen LogP contribution in [0.25, 0.3) is 11.1 Å². The lowest BCUT2D eigenvalue weighted by atomic mass is 9.83. The van der Waals surface area contributed by atoms with Crippen molar-refractivity contribution in [2.75, 3.05) is 6.54 Å². The second-order valence-electron chi connectivity index (χ2n) is 9.51. The van der Waals surface area contributed by atoms with Crippen LogP contribution in [0.5, 0.6) is 0 Å². The van der Waals surface area contributed by atoms with Crippen molar-refractivity contribution in [2.45, 2.75) is 44.4 Å².